The first kappa shape index (κ1) is 14.8. The highest BCUT2D eigenvalue weighted by atomic mass is 16.2. The number of rotatable bonds is 3. The van der Waals surface area contributed by atoms with Crippen molar-refractivity contribution >= 4 is 5.91 Å². The molecule has 0 aromatic carbocycles. The molecule has 2 aromatic heterocycles. The zero-order valence-corrected chi connectivity index (χ0v) is 13.7. The summed E-state index contributed by atoms with van der Waals surface area (Å²) < 4.78 is 4.24. The van der Waals surface area contributed by atoms with E-state index >= 15 is 0 Å². The van der Waals surface area contributed by atoms with Crippen molar-refractivity contribution in [3.63, 3.8) is 0 Å². The zero-order valence-electron chi connectivity index (χ0n) is 13.7. The molecular formula is C16H23N5O. The van der Waals surface area contributed by atoms with E-state index in [1.807, 2.05) is 25.7 Å². The van der Waals surface area contributed by atoms with Crippen LogP contribution < -0.4 is 0 Å². The van der Waals surface area contributed by atoms with E-state index in [1.54, 1.807) is 0 Å². The van der Waals surface area contributed by atoms with Gasteiger partial charge in [0, 0.05) is 30.9 Å². The molecule has 0 unspecified atom stereocenters. The molecule has 0 N–H and O–H groups in total. The number of aryl methyl sites for hydroxylation is 3. The summed E-state index contributed by atoms with van der Waals surface area (Å²) in [5.41, 5.74) is 2.23. The molecule has 3 rings (SSSR count). The van der Waals surface area contributed by atoms with E-state index in [-0.39, 0.29) is 11.9 Å². The Morgan fingerprint density at radius 1 is 1.23 bits per heavy atom. The SMILES string of the molecule is CCc1nnc2n1CCN(C(=O)[C@H](C)n1c(C)ccc1C)C2. The van der Waals surface area contributed by atoms with Crippen molar-refractivity contribution in [2.24, 2.45) is 0 Å². The van der Waals surface area contributed by atoms with Crippen LogP contribution in [-0.4, -0.2) is 36.7 Å². The molecule has 0 bridgehead atoms. The van der Waals surface area contributed by atoms with Crippen molar-refractivity contribution in [2.45, 2.75) is 53.2 Å². The Morgan fingerprint density at radius 3 is 2.55 bits per heavy atom. The van der Waals surface area contributed by atoms with Gasteiger partial charge >= 0.3 is 0 Å². The van der Waals surface area contributed by atoms with Gasteiger partial charge in [0.1, 0.15) is 11.9 Å². The molecule has 118 valence electrons. The molecule has 0 saturated heterocycles. The predicted octanol–water partition coefficient (Wildman–Crippen LogP) is 1.86. The zero-order chi connectivity index (χ0) is 15.9. The Morgan fingerprint density at radius 2 is 1.91 bits per heavy atom. The van der Waals surface area contributed by atoms with E-state index in [0.29, 0.717) is 6.54 Å². The van der Waals surface area contributed by atoms with Crippen LogP contribution in [0.5, 0.6) is 0 Å². The first-order chi connectivity index (χ1) is 10.5. The van der Waals surface area contributed by atoms with Crippen molar-refractivity contribution < 1.29 is 4.79 Å². The van der Waals surface area contributed by atoms with Gasteiger partial charge in [-0.2, -0.15) is 0 Å². The minimum absolute atomic E-state index is 0.148. The minimum atomic E-state index is -0.185. The number of carbonyl (C=O) groups is 1. The van der Waals surface area contributed by atoms with Crippen LogP contribution >= 0.6 is 0 Å². The largest absolute Gasteiger partial charge is 0.337 e. The summed E-state index contributed by atoms with van der Waals surface area (Å²) in [6, 6.07) is 3.92. The lowest BCUT2D eigenvalue weighted by molar-refractivity contribution is -0.135. The molecule has 0 fully saturated rings. The number of aromatic nitrogens is 4. The van der Waals surface area contributed by atoms with E-state index in [2.05, 4.69) is 38.4 Å². The number of hydrogen-bond acceptors (Lipinski definition) is 3. The summed E-state index contributed by atoms with van der Waals surface area (Å²) in [5.74, 6) is 2.05. The number of amides is 1. The lowest BCUT2D eigenvalue weighted by Gasteiger charge is -2.31. The molecule has 0 spiro atoms. The van der Waals surface area contributed by atoms with Crippen LogP contribution in [0.2, 0.25) is 0 Å². The first-order valence-corrected chi connectivity index (χ1v) is 7.87. The smallest absolute Gasteiger partial charge is 0.245 e. The third-order valence-corrected chi connectivity index (χ3v) is 4.53. The summed E-state index contributed by atoms with van der Waals surface area (Å²) in [7, 11) is 0. The average Bonchev–Trinajstić information content (AvgIpc) is 3.08. The van der Waals surface area contributed by atoms with Crippen LogP contribution in [0.25, 0.3) is 0 Å². The summed E-state index contributed by atoms with van der Waals surface area (Å²) in [5, 5.41) is 8.43. The number of carbonyl (C=O) groups excluding carboxylic acids is 1. The topological polar surface area (TPSA) is 56.0 Å². The van der Waals surface area contributed by atoms with Crippen LogP contribution in [0.4, 0.5) is 0 Å². The second kappa shape index (κ2) is 5.59. The van der Waals surface area contributed by atoms with Gasteiger partial charge in [-0.25, -0.2) is 0 Å². The van der Waals surface area contributed by atoms with Gasteiger partial charge in [0.2, 0.25) is 5.91 Å². The van der Waals surface area contributed by atoms with Gasteiger partial charge in [-0.1, -0.05) is 6.92 Å². The number of hydrogen-bond donors (Lipinski definition) is 0. The molecule has 1 aliphatic rings. The Bertz CT molecular complexity index is 680. The molecular weight excluding hydrogens is 278 g/mol. The normalized spacial score (nSPS) is 15.7. The quantitative estimate of drug-likeness (QED) is 0.869. The number of fused-ring (bicyclic) bond motifs is 1. The summed E-state index contributed by atoms with van der Waals surface area (Å²) in [6.45, 7) is 10.2. The van der Waals surface area contributed by atoms with Crippen LogP contribution in [0.15, 0.2) is 12.1 Å². The van der Waals surface area contributed by atoms with Crippen molar-refractivity contribution in [3.8, 4) is 0 Å². The fourth-order valence-electron chi connectivity index (χ4n) is 3.33. The molecule has 2 aromatic rings. The lowest BCUT2D eigenvalue weighted by atomic mass is 10.2. The highest BCUT2D eigenvalue weighted by Crippen LogP contribution is 2.21. The Balaban J connectivity index is 1.79. The molecule has 6 nitrogen and oxygen atoms in total. The van der Waals surface area contributed by atoms with Gasteiger partial charge in [0.05, 0.1) is 6.54 Å². The maximum absolute atomic E-state index is 12.8. The summed E-state index contributed by atoms with van der Waals surface area (Å²) in [4.78, 5) is 14.7. The first-order valence-electron chi connectivity index (χ1n) is 7.87. The fourth-order valence-corrected chi connectivity index (χ4v) is 3.33. The van der Waals surface area contributed by atoms with Crippen molar-refractivity contribution in [1.29, 1.82) is 0 Å². The predicted molar refractivity (Wildman–Crippen MR) is 83.4 cm³/mol. The molecule has 1 amide bonds. The van der Waals surface area contributed by atoms with E-state index < -0.39 is 0 Å². The molecule has 0 aliphatic carbocycles. The van der Waals surface area contributed by atoms with Gasteiger partial charge in [0.15, 0.2) is 5.82 Å². The van der Waals surface area contributed by atoms with Crippen LogP contribution in [0.1, 0.15) is 42.9 Å². The Kier molecular flexibility index (Phi) is 3.76. The monoisotopic (exact) mass is 301 g/mol. The maximum Gasteiger partial charge on any atom is 0.245 e. The van der Waals surface area contributed by atoms with E-state index in [4.69, 9.17) is 0 Å². The van der Waals surface area contributed by atoms with Gasteiger partial charge in [-0.3, -0.25) is 4.79 Å². The highest BCUT2D eigenvalue weighted by Gasteiger charge is 2.28. The van der Waals surface area contributed by atoms with Gasteiger partial charge in [-0.05, 0) is 32.9 Å². The summed E-state index contributed by atoms with van der Waals surface area (Å²) in [6.07, 6.45) is 0.874. The fraction of sp³-hybridized carbons (Fsp3) is 0.562. The maximum atomic E-state index is 12.8. The Labute approximate surface area is 130 Å². The molecule has 3 heterocycles. The van der Waals surface area contributed by atoms with Crippen LogP contribution in [0.3, 0.4) is 0 Å². The average molecular weight is 301 g/mol. The van der Waals surface area contributed by atoms with Crippen LogP contribution in [0, 0.1) is 13.8 Å². The standard InChI is InChI=1S/C16H23N5O/c1-5-14-17-18-15-10-19(8-9-20(14)15)16(22)13(4)21-11(2)6-7-12(21)3/h6-7,13H,5,8-10H2,1-4H3/t13-/m0/s1. The third-order valence-electron chi connectivity index (χ3n) is 4.53. The molecule has 1 aliphatic heterocycles. The van der Waals surface area contributed by atoms with E-state index in [9.17, 15) is 4.79 Å². The van der Waals surface area contributed by atoms with Gasteiger partial charge in [0.25, 0.3) is 0 Å². The van der Waals surface area contributed by atoms with Crippen molar-refractivity contribution in [2.75, 3.05) is 6.54 Å². The third kappa shape index (κ3) is 2.32. The molecule has 1 atom stereocenters. The number of nitrogens with zero attached hydrogens (tertiary/aromatic N) is 5. The highest BCUT2D eigenvalue weighted by molar-refractivity contribution is 5.80. The second-order valence-corrected chi connectivity index (χ2v) is 5.96. The van der Waals surface area contributed by atoms with Crippen molar-refractivity contribution in [1.82, 2.24) is 24.2 Å². The van der Waals surface area contributed by atoms with E-state index in [1.165, 1.54) is 0 Å². The molecule has 22 heavy (non-hydrogen) atoms. The van der Waals surface area contributed by atoms with Crippen molar-refractivity contribution in [3.05, 3.63) is 35.2 Å². The van der Waals surface area contributed by atoms with Gasteiger partial charge < -0.3 is 14.0 Å². The lowest BCUT2D eigenvalue weighted by Crippen LogP contribution is -2.42. The Hall–Kier alpha value is -2.11. The molecule has 6 heteroatoms. The van der Waals surface area contributed by atoms with Gasteiger partial charge in [-0.15, -0.1) is 10.2 Å². The molecule has 0 radical (unpaired) electrons. The summed E-state index contributed by atoms with van der Waals surface area (Å²) >= 11 is 0. The van der Waals surface area contributed by atoms with Crippen LogP contribution in [-0.2, 0) is 24.3 Å². The minimum Gasteiger partial charge on any atom is -0.337 e. The van der Waals surface area contributed by atoms with E-state index in [0.717, 1.165) is 42.5 Å². The second-order valence-electron chi connectivity index (χ2n) is 5.96. The molecule has 0 saturated carbocycles.